The molecule has 0 fully saturated rings. The van der Waals surface area contributed by atoms with E-state index in [0.29, 0.717) is 5.69 Å². The Hall–Kier alpha value is -1.92. The van der Waals surface area contributed by atoms with Gasteiger partial charge in [-0.1, -0.05) is 17.7 Å². The Bertz CT molecular complexity index is 734. The van der Waals surface area contributed by atoms with E-state index in [1.807, 2.05) is 19.1 Å². The fraction of sp³-hybridized carbons (Fsp3) is 0.0714. The quantitative estimate of drug-likeness (QED) is 0.636. The summed E-state index contributed by atoms with van der Waals surface area (Å²) in [6.07, 6.45) is 0. The molecule has 1 amide bonds. The van der Waals surface area contributed by atoms with Gasteiger partial charge in [-0.15, -0.1) is 0 Å². The predicted molar refractivity (Wildman–Crippen MR) is 84.9 cm³/mol. The molecule has 1 N–H and O–H groups in total. The first kappa shape index (κ1) is 15.5. The number of nitro benzene ring substituents is 1. The van der Waals surface area contributed by atoms with Crippen LogP contribution in [0.2, 0.25) is 5.02 Å². The minimum absolute atomic E-state index is 0.0735. The number of carbonyl (C=O) groups excluding carboxylic acids is 1. The minimum atomic E-state index is -0.597. The molecule has 0 bridgehead atoms. The monoisotopic (exact) mass is 368 g/mol. The maximum Gasteiger partial charge on any atom is 0.287 e. The number of rotatable bonds is 3. The van der Waals surface area contributed by atoms with Gasteiger partial charge in [0.2, 0.25) is 0 Å². The van der Waals surface area contributed by atoms with Crippen LogP contribution in [0, 0.1) is 17.0 Å². The Balaban J connectivity index is 2.24. The lowest BCUT2D eigenvalue weighted by Gasteiger charge is -2.08. The first-order valence-corrected chi connectivity index (χ1v) is 7.07. The lowest BCUT2D eigenvalue weighted by molar-refractivity contribution is -0.384. The fourth-order valence-electron chi connectivity index (χ4n) is 1.71. The summed E-state index contributed by atoms with van der Waals surface area (Å²) < 4.78 is 0.754. The van der Waals surface area contributed by atoms with Gasteiger partial charge < -0.3 is 5.32 Å². The third-order valence-corrected chi connectivity index (χ3v) is 3.74. The molecule has 0 saturated carbocycles. The Morgan fingerprint density at radius 3 is 2.57 bits per heavy atom. The largest absolute Gasteiger partial charge is 0.321 e. The second-order valence-electron chi connectivity index (χ2n) is 4.36. The number of nitrogens with zero attached hydrogens (tertiary/aromatic N) is 1. The molecule has 0 aliphatic carbocycles. The van der Waals surface area contributed by atoms with E-state index in [-0.39, 0.29) is 16.3 Å². The first-order valence-electron chi connectivity index (χ1n) is 5.90. The van der Waals surface area contributed by atoms with E-state index in [9.17, 15) is 14.9 Å². The molecular weight excluding hydrogens is 360 g/mol. The van der Waals surface area contributed by atoms with E-state index in [4.69, 9.17) is 11.6 Å². The van der Waals surface area contributed by atoms with Gasteiger partial charge in [0.25, 0.3) is 11.6 Å². The summed E-state index contributed by atoms with van der Waals surface area (Å²) in [5.41, 5.74) is 1.68. The zero-order valence-electron chi connectivity index (χ0n) is 10.9. The lowest BCUT2D eigenvalue weighted by Crippen LogP contribution is -2.12. The van der Waals surface area contributed by atoms with Crippen molar-refractivity contribution in [2.75, 3.05) is 5.32 Å². The number of hydrogen-bond acceptors (Lipinski definition) is 3. The SMILES string of the molecule is Cc1ccc(NC(=O)c2ccc([N+](=O)[O-])c(Cl)c2)c(Br)c1. The zero-order chi connectivity index (χ0) is 15.6. The highest BCUT2D eigenvalue weighted by atomic mass is 79.9. The van der Waals surface area contributed by atoms with E-state index in [1.165, 1.54) is 18.2 Å². The predicted octanol–water partition coefficient (Wildman–Crippen LogP) is 4.57. The molecule has 0 radical (unpaired) electrons. The van der Waals surface area contributed by atoms with Gasteiger partial charge in [-0.2, -0.15) is 0 Å². The maximum atomic E-state index is 12.1. The third kappa shape index (κ3) is 3.59. The molecule has 108 valence electrons. The number of benzene rings is 2. The average Bonchev–Trinajstić information content (AvgIpc) is 2.41. The van der Waals surface area contributed by atoms with Crippen LogP contribution in [0.5, 0.6) is 0 Å². The van der Waals surface area contributed by atoms with Gasteiger partial charge in [0.05, 0.1) is 10.6 Å². The molecule has 0 spiro atoms. The van der Waals surface area contributed by atoms with Crippen molar-refractivity contribution in [2.45, 2.75) is 6.92 Å². The summed E-state index contributed by atoms with van der Waals surface area (Å²) in [4.78, 5) is 22.2. The summed E-state index contributed by atoms with van der Waals surface area (Å²) in [6.45, 7) is 1.94. The van der Waals surface area contributed by atoms with Crippen LogP contribution in [0.1, 0.15) is 15.9 Å². The normalized spacial score (nSPS) is 10.2. The molecule has 7 heteroatoms. The zero-order valence-corrected chi connectivity index (χ0v) is 13.2. The lowest BCUT2D eigenvalue weighted by atomic mass is 10.1. The molecule has 5 nitrogen and oxygen atoms in total. The Labute approximate surface area is 134 Å². The van der Waals surface area contributed by atoms with Gasteiger partial charge in [-0.25, -0.2) is 0 Å². The molecule has 0 saturated heterocycles. The smallest absolute Gasteiger partial charge is 0.287 e. The molecule has 21 heavy (non-hydrogen) atoms. The van der Waals surface area contributed by atoms with Crippen LogP contribution >= 0.6 is 27.5 Å². The van der Waals surface area contributed by atoms with E-state index < -0.39 is 10.8 Å². The molecule has 2 aromatic rings. The number of amides is 1. The average molecular weight is 370 g/mol. The Kier molecular flexibility index (Phi) is 4.59. The van der Waals surface area contributed by atoms with E-state index >= 15 is 0 Å². The van der Waals surface area contributed by atoms with Crippen LogP contribution in [-0.2, 0) is 0 Å². The van der Waals surface area contributed by atoms with E-state index in [2.05, 4.69) is 21.2 Å². The molecule has 0 aliphatic rings. The molecule has 0 aromatic heterocycles. The number of hydrogen-bond donors (Lipinski definition) is 1. The topological polar surface area (TPSA) is 72.2 Å². The van der Waals surface area contributed by atoms with Crippen LogP contribution in [0.25, 0.3) is 0 Å². The van der Waals surface area contributed by atoms with Crippen LogP contribution in [0.4, 0.5) is 11.4 Å². The number of nitro groups is 1. The number of carbonyl (C=O) groups is 1. The highest BCUT2D eigenvalue weighted by Gasteiger charge is 2.15. The summed E-state index contributed by atoms with van der Waals surface area (Å²) in [7, 11) is 0. The van der Waals surface area contributed by atoms with E-state index in [1.54, 1.807) is 6.07 Å². The highest BCUT2D eigenvalue weighted by molar-refractivity contribution is 9.10. The standard InChI is InChI=1S/C14H10BrClN2O3/c1-8-2-4-12(10(15)6-8)17-14(19)9-3-5-13(18(20)21)11(16)7-9/h2-7H,1H3,(H,17,19). The van der Waals surface area contributed by atoms with Crippen LogP contribution in [-0.4, -0.2) is 10.8 Å². The summed E-state index contributed by atoms with van der Waals surface area (Å²) >= 11 is 9.16. The van der Waals surface area contributed by atoms with Gasteiger partial charge in [0.1, 0.15) is 5.02 Å². The second kappa shape index (κ2) is 6.24. The van der Waals surface area contributed by atoms with Crippen molar-refractivity contribution < 1.29 is 9.72 Å². The third-order valence-electron chi connectivity index (χ3n) is 2.78. The number of aryl methyl sites for hydroxylation is 1. The molecule has 2 aromatic carbocycles. The Morgan fingerprint density at radius 2 is 2.00 bits per heavy atom. The van der Waals surface area contributed by atoms with Crippen molar-refractivity contribution in [3.05, 3.63) is 67.1 Å². The van der Waals surface area contributed by atoms with Gasteiger partial charge in [-0.05, 0) is 52.7 Å². The van der Waals surface area contributed by atoms with Crippen LogP contribution in [0.3, 0.4) is 0 Å². The van der Waals surface area contributed by atoms with Crippen molar-refractivity contribution in [3.63, 3.8) is 0 Å². The number of anilines is 1. The Morgan fingerprint density at radius 1 is 1.29 bits per heavy atom. The van der Waals surface area contributed by atoms with Gasteiger partial charge >= 0.3 is 0 Å². The van der Waals surface area contributed by atoms with Gasteiger partial charge in [-0.3, -0.25) is 14.9 Å². The van der Waals surface area contributed by atoms with Crippen LogP contribution in [0.15, 0.2) is 40.9 Å². The molecular formula is C14H10BrClN2O3. The van der Waals surface area contributed by atoms with Crippen molar-refractivity contribution in [1.29, 1.82) is 0 Å². The van der Waals surface area contributed by atoms with Crippen molar-refractivity contribution in [1.82, 2.24) is 0 Å². The number of nitrogens with one attached hydrogen (secondary N) is 1. The number of halogens is 2. The molecule has 0 unspecified atom stereocenters. The minimum Gasteiger partial charge on any atom is -0.321 e. The molecule has 2 rings (SSSR count). The van der Waals surface area contributed by atoms with Gasteiger partial charge in [0.15, 0.2) is 0 Å². The molecule has 0 heterocycles. The maximum absolute atomic E-state index is 12.1. The van der Waals surface area contributed by atoms with Crippen LogP contribution < -0.4 is 5.32 Å². The summed E-state index contributed by atoms with van der Waals surface area (Å²) in [6, 6.07) is 9.35. The van der Waals surface area contributed by atoms with Gasteiger partial charge in [0, 0.05) is 16.1 Å². The highest BCUT2D eigenvalue weighted by Crippen LogP contribution is 2.27. The summed E-state index contributed by atoms with van der Waals surface area (Å²) in [5, 5.41) is 13.3. The van der Waals surface area contributed by atoms with Crippen molar-refractivity contribution in [2.24, 2.45) is 0 Å². The molecule has 0 aliphatic heterocycles. The van der Waals surface area contributed by atoms with Crippen molar-refractivity contribution >= 4 is 44.8 Å². The fourth-order valence-corrected chi connectivity index (χ4v) is 2.55. The molecule has 0 atom stereocenters. The van der Waals surface area contributed by atoms with E-state index in [0.717, 1.165) is 10.0 Å². The summed E-state index contributed by atoms with van der Waals surface area (Å²) in [5.74, 6) is -0.392. The second-order valence-corrected chi connectivity index (χ2v) is 5.62. The first-order chi connectivity index (χ1) is 9.88. The van der Waals surface area contributed by atoms with Crippen molar-refractivity contribution in [3.8, 4) is 0 Å².